The Kier molecular flexibility index (Phi) is 5.70. The summed E-state index contributed by atoms with van der Waals surface area (Å²) < 4.78 is 16.5. The predicted molar refractivity (Wildman–Crippen MR) is 110 cm³/mol. The van der Waals surface area contributed by atoms with E-state index in [-0.39, 0.29) is 6.61 Å². The van der Waals surface area contributed by atoms with Gasteiger partial charge in [-0.15, -0.1) is 0 Å². The van der Waals surface area contributed by atoms with Gasteiger partial charge in [-0.25, -0.2) is 10.2 Å². The monoisotopic (exact) mass is 402 g/mol. The number of nitrogens with zero attached hydrogens (tertiary/aromatic N) is 1. The number of carbonyl (C=O) groups excluding carboxylic acids is 2. The van der Waals surface area contributed by atoms with Crippen LogP contribution in [0.3, 0.4) is 0 Å². The first-order valence-electron chi connectivity index (χ1n) is 9.28. The molecule has 1 aliphatic rings. The second-order valence-corrected chi connectivity index (χ2v) is 6.42. The molecule has 30 heavy (non-hydrogen) atoms. The average Bonchev–Trinajstić information content (AvgIpc) is 2.80. The van der Waals surface area contributed by atoms with Crippen LogP contribution in [0.5, 0.6) is 17.2 Å². The van der Waals surface area contributed by atoms with E-state index >= 15 is 0 Å². The van der Waals surface area contributed by atoms with E-state index in [1.165, 1.54) is 6.21 Å². The maximum Gasteiger partial charge on any atom is 0.343 e. The van der Waals surface area contributed by atoms with Crippen LogP contribution in [0.15, 0.2) is 84.0 Å². The van der Waals surface area contributed by atoms with E-state index in [0.717, 1.165) is 5.56 Å². The fourth-order valence-corrected chi connectivity index (χ4v) is 2.75. The third-order valence-electron chi connectivity index (χ3n) is 4.29. The van der Waals surface area contributed by atoms with Crippen molar-refractivity contribution in [1.29, 1.82) is 0 Å². The highest BCUT2D eigenvalue weighted by Gasteiger charge is 2.26. The van der Waals surface area contributed by atoms with Crippen LogP contribution in [0, 0.1) is 0 Å². The van der Waals surface area contributed by atoms with Gasteiger partial charge in [-0.3, -0.25) is 4.79 Å². The van der Waals surface area contributed by atoms with Crippen molar-refractivity contribution in [2.75, 3.05) is 6.61 Å². The van der Waals surface area contributed by atoms with E-state index in [2.05, 4.69) is 10.5 Å². The number of benzene rings is 3. The fourth-order valence-electron chi connectivity index (χ4n) is 2.75. The van der Waals surface area contributed by atoms with Crippen molar-refractivity contribution in [3.63, 3.8) is 0 Å². The molecule has 1 heterocycles. The molecule has 0 saturated heterocycles. The van der Waals surface area contributed by atoms with Crippen molar-refractivity contribution in [3.05, 3.63) is 90.0 Å². The lowest BCUT2D eigenvalue weighted by atomic mass is 10.2. The van der Waals surface area contributed by atoms with Crippen LogP contribution in [0.1, 0.15) is 15.9 Å². The molecule has 1 aliphatic heterocycles. The highest BCUT2D eigenvalue weighted by atomic mass is 16.6. The summed E-state index contributed by atoms with van der Waals surface area (Å²) >= 11 is 0. The zero-order chi connectivity index (χ0) is 20.8. The van der Waals surface area contributed by atoms with Crippen molar-refractivity contribution in [3.8, 4) is 17.2 Å². The first kappa shape index (κ1) is 19.2. The molecular formula is C23H18N2O5. The first-order chi connectivity index (χ1) is 14.7. The number of hydrazone groups is 1. The number of para-hydroxylation sites is 2. The molecule has 3 aromatic rings. The maximum atomic E-state index is 12.2. The van der Waals surface area contributed by atoms with Gasteiger partial charge in [-0.2, -0.15) is 5.10 Å². The van der Waals surface area contributed by atoms with Crippen LogP contribution in [0.2, 0.25) is 0 Å². The number of fused-ring (bicyclic) bond motifs is 1. The number of amides is 1. The minimum absolute atomic E-state index is 0.111. The van der Waals surface area contributed by atoms with Gasteiger partial charge in [0.2, 0.25) is 6.10 Å². The molecular weight excluding hydrogens is 384 g/mol. The van der Waals surface area contributed by atoms with Crippen molar-refractivity contribution >= 4 is 18.1 Å². The van der Waals surface area contributed by atoms with E-state index < -0.39 is 18.0 Å². The molecule has 150 valence electrons. The molecule has 0 bridgehead atoms. The summed E-state index contributed by atoms with van der Waals surface area (Å²) in [5, 5.41) is 3.94. The van der Waals surface area contributed by atoms with Crippen molar-refractivity contribution < 1.29 is 23.8 Å². The molecule has 0 spiro atoms. The first-order valence-corrected chi connectivity index (χ1v) is 9.28. The number of carbonyl (C=O) groups is 2. The number of nitrogens with one attached hydrogen (secondary N) is 1. The van der Waals surface area contributed by atoms with Gasteiger partial charge in [0, 0.05) is 0 Å². The third kappa shape index (κ3) is 4.64. The van der Waals surface area contributed by atoms with Gasteiger partial charge in [0.1, 0.15) is 12.4 Å². The summed E-state index contributed by atoms with van der Waals surface area (Å²) in [5.41, 5.74) is 3.64. The molecule has 1 N–H and O–H groups in total. The Morgan fingerprint density at radius 1 is 0.933 bits per heavy atom. The Labute approximate surface area is 172 Å². The lowest BCUT2D eigenvalue weighted by Crippen LogP contribution is -2.42. The van der Waals surface area contributed by atoms with Gasteiger partial charge in [-0.1, -0.05) is 30.3 Å². The average molecular weight is 402 g/mol. The van der Waals surface area contributed by atoms with Crippen LogP contribution >= 0.6 is 0 Å². The quantitative estimate of drug-likeness (QED) is 0.307. The predicted octanol–water partition coefficient (Wildman–Crippen LogP) is 3.20. The second kappa shape index (κ2) is 8.91. The Morgan fingerprint density at radius 3 is 2.40 bits per heavy atom. The topological polar surface area (TPSA) is 86.2 Å². The summed E-state index contributed by atoms with van der Waals surface area (Å²) in [6.45, 7) is 0.111. The van der Waals surface area contributed by atoms with Gasteiger partial charge in [0.15, 0.2) is 11.5 Å². The molecule has 1 amide bonds. The Bertz CT molecular complexity index is 1060. The largest absolute Gasteiger partial charge is 0.485 e. The van der Waals surface area contributed by atoms with Crippen LogP contribution in [-0.4, -0.2) is 30.8 Å². The number of rotatable bonds is 5. The molecule has 0 unspecified atom stereocenters. The zero-order valence-electron chi connectivity index (χ0n) is 15.9. The van der Waals surface area contributed by atoms with Crippen LogP contribution in [0.25, 0.3) is 0 Å². The van der Waals surface area contributed by atoms with E-state index in [1.807, 2.05) is 12.1 Å². The van der Waals surface area contributed by atoms with E-state index in [9.17, 15) is 9.59 Å². The van der Waals surface area contributed by atoms with Crippen LogP contribution < -0.4 is 19.6 Å². The number of esters is 1. The highest BCUT2D eigenvalue weighted by molar-refractivity contribution is 5.91. The van der Waals surface area contributed by atoms with Gasteiger partial charge >= 0.3 is 5.97 Å². The summed E-state index contributed by atoms with van der Waals surface area (Å²) in [6, 6.07) is 22.7. The number of hydrogen-bond acceptors (Lipinski definition) is 6. The van der Waals surface area contributed by atoms with Gasteiger partial charge in [0.05, 0.1) is 11.8 Å². The fraction of sp³-hybridized carbons (Fsp3) is 0.0870. The number of ether oxygens (including phenoxy) is 3. The maximum absolute atomic E-state index is 12.2. The van der Waals surface area contributed by atoms with Crippen molar-refractivity contribution in [2.45, 2.75) is 6.10 Å². The summed E-state index contributed by atoms with van der Waals surface area (Å²) in [6.07, 6.45) is 0.704. The lowest BCUT2D eigenvalue weighted by Gasteiger charge is -2.24. The summed E-state index contributed by atoms with van der Waals surface area (Å²) in [5.74, 6) is 0.706. The molecule has 1 atom stereocenters. The minimum atomic E-state index is -0.781. The SMILES string of the molecule is O=C(Oc1ccc(/C=N\NC(=O)[C@@H]2COc3ccccc3O2)cc1)c1ccccc1. The highest BCUT2D eigenvalue weighted by Crippen LogP contribution is 2.30. The number of hydrogen-bond donors (Lipinski definition) is 1. The van der Waals surface area contributed by atoms with E-state index in [4.69, 9.17) is 14.2 Å². The lowest BCUT2D eigenvalue weighted by molar-refractivity contribution is -0.130. The van der Waals surface area contributed by atoms with Crippen LogP contribution in [-0.2, 0) is 4.79 Å². The molecule has 3 aromatic carbocycles. The Morgan fingerprint density at radius 2 is 1.63 bits per heavy atom. The molecule has 0 fully saturated rings. The molecule has 0 radical (unpaired) electrons. The standard InChI is InChI=1S/C23H18N2O5/c26-22(21-15-28-19-8-4-5-9-20(19)30-21)25-24-14-16-10-12-18(13-11-16)29-23(27)17-6-2-1-3-7-17/h1-14,21H,15H2,(H,25,26)/b24-14-/t21-/m0/s1. The van der Waals surface area contributed by atoms with Crippen molar-refractivity contribution in [1.82, 2.24) is 5.43 Å². The van der Waals surface area contributed by atoms with E-state index in [1.54, 1.807) is 66.7 Å². The van der Waals surface area contributed by atoms with Gasteiger partial charge in [0.25, 0.3) is 5.91 Å². The van der Waals surface area contributed by atoms with E-state index in [0.29, 0.717) is 22.8 Å². The minimum Gasteiger partial charge on any atom is -0.485 e. The Balaban J connectivity index is 1.29. The normalized spacial score (nSPS) is 14.9. The molecule has 0 saturated carbocycles. The molecule has 7 heteroatoms. The van der Waals surface area contributed by atoms with Crippen LogP contribution in [0.4, 0.5) is 0 Å². The zero-order valence-corrected chi connectivity index (χ0v) is 15.9. The molecule has 0 aromatic heterocycles. The third-order valence-corrected chi connectivity index (χ3v) is 4.29. The van der Waals surface area contributed by atoms with Gasteiger partial charge < -0.3 is 14.2 Å². The van der Waals surface area contributed by atoms with Gasteiger partial charge in [-0.05, 0) is 54.1 Å². The summed E-state index contributed by atoms with van der Waals surface area (Å²) in [7, 11) is 0. The molecule has 7 nitrogen and oxygen atoms in total. The Hall–Kier alpha value is -4.13. The molecule has 0 aliphatic carbocycles. The molecule has 4 rings (SSSR count). The summed E-state index contributed by atoms with van der Waals surface area (Å²) in [4.78, 5) is 24.3. The smallest absolute Gasteiger partial charge is 0.343 e. The second-order valence-electron chi connectivity index (χ2n) is 6.42. The van der Waals surface area contributed by atoms with Crippen molar-refractivity contribution in [2.24, 2.45) is 5.10 Å².